The van der Waals surface area contributed by atoms with Crippen molar-refractivity contribution in [3.8, 4) is 0 Å². The molecule has 1 fully saturated rings. The fourth-order valence-corrected chi connectivity index (χ4v) is 7.82. The molecule has 2 aliphatic rings. The van der Waals surface area contributed by atoms with Crippen LogP contribution in [0.2, 0.25) is 0 Å². The maximum Gasteiger partial charge on any atom is 0.394 e. The van der Waals surface area contributed by atoms with Crippen LogP contribution in [0.1, 0.15) is 83.9 Å². The van der Waals surface area contributed by atoms with Crippen LogP contribution in [0.5, 0.6) is 0 Å². The number of carbonyl (C=O) groups excluding carboxylic acids is 3. The van der Waals surface area contributed by atoms with Crippen molar-refractivity contribution in [3.05, 3.63) is 117 Å². The van der Waals surface area contributed by atoms with E-state index in [2.05, 4.69) is 15.5 Å². The van der Waals surface area contributed by atoms with Crippen LogP contribution in [-0.4, -0.2) is 75.9 Å². The largest absolute Gasteiger partial charge is 0.478 e. The lowest BCUT2D eigenvalue weighted by Crippen LogP contribution is -2.39. The number of aliphatic carboxylic acids is 1. The van der Waals surface area contributed by atoms with Crippen LogP contribution in [0, 0.1) is 0 Å². The van der Waals surface area contributed by atoms with Gasteiger partial charge in [0, 0.05) is 48.9 Å². The number of fused-ring (bicyclic) bond motifs is 1. The number of amides is 3. The Balaban J connectivity index is 1.10. The van der Waals surface area contributed by atoms with Gasteiger partial charge < -0.3 is 25.7 Å². The first-order valence-corrected chi connectivity index (χ1v) is 18.4. The SMILES string of the molecule is CN(CCN(Cc1cccc(C(=O)Nc2sc3c(c2C(=O)Nc2ccc(CCc4ccc(C(=O)O)cc4)cc2)CCCC3)c1)C1CC1)C(=O)C(=O)O. The third-order valence-electron chi connectivity index (χ3n) is 9.63. The maximum atomic E-state index is 13.8. The van der Waals surface area contributed by atoms with E-state index >= 15 is 0 Å². The Kier molecular flexibility index (Phi) is 11.5. The minimum absolute atomic E-state index is 0.261. The van der Waals surface area contributed by atoms with Crippen LogP contribution in [-0.2, 0) is 41.8 Å². The number of aryl methyl sites for hydroxylation is 3. The summed E-state index contributed by atoms with van der Waals surface area (Å²) in [5.41, 5.74) is 5.95. The number of carboxylic acid groups (broad SMARTS) is 2. The monoisotopic (exact) mass is 722 g/mol. The molecule has 270 valence electrons. The highest BCUT2D eigenvalue weighted by molar-refractivity contribution is 7.17. The Labute approximate surface area is 306 Å². The number of carbonyl (C=O) groups is 5. The highest BCUT2D eigenvalue weighted by atomic mass is 32.1. The van der Waals surface area contributed by atoms with Crippen molar-refractivity contribution in [1.29, 1.82) is 0 Å². The maximum absolute atomic E-state index is 13.8. The van der Waals surface area contributed by atoms with Crippen molar-refractivity contribution < 1.29 is 34.2 Å². The van der Waals surface area contributed by atoms with Gasteiger partial charge in [-0.25, -0.2) is 9.59 Å². The quantitative estimate of drug-likeness (QED) is 0.114. The Morgan fingerprint density at radius 3 is 2.10 bits per heavy atom. The van der Waals surface area contributed by atoms with Crippen molar-refractivity contribution in [1.82, 2.24) is 9.80 Å². The molecule has 52 heavy (non-hydrogen) atoms. The predicted molar refractivity (Wildman–Crippen MR) is 199 cm³/mol. The fourth-order valence-electron chi connectivity index (χ4n) is 6.54. The summed E-state index contributed by atoms with van der Waals surface area (Å²) in [6.07, 6.45) is 7.23. The average Bonchev–Trinajstić information content (AvgIpc) is 3.93. The van der Waals surface area contributed by atoms with Gasteiger partial charge >= 0.3 is 17.8 Å². The van der Waals surface area contributed by atoms with E-state index in [9.17, 15) is 24.0 Å². The molecule has 1 saturated carbocycles. The van der Waals surface area contributed by atoms with Crippen LogP contribution in [0.4, 0.5) is 10.7 Å². The van der Waals surface area contributed by atoms with E-state index < -0.39 is 17.8 Å². The molecule has 0 radical (unpaired) electrons. The third kappa shape index (κ3) is 9.12. The lowest BCUT2D eigenvalue weighted by molar-refractivity contribution is -0.155. The molecule has 0 unspecified atom stereocenters. The van der Waals surface area contributed by atoms with Crippen LogP contribution in [0.3, 0.4) is 0 Å². The van der Waals surface area contributed by atoms with Crippen LogP contribution >= 0.6 is 11.3 Å². The smallest absolute Gasteiger partial charge is 0.394 e. The van der Waals surface area contributed by atoms with Gasteiger partial charge in [0.05, 0.1) is 11.1 Å². The zero-order chi connectivity index (χ0) is 36.8. The first kappa shape index (κ1) is 36.5. The van der Waals surface area contributed by atoms with Gasteiger partial charge in [0.1, 0.15) is 5.00 Å². The number of rotatable bonds is 14. The van der Waals surface area contributed by atoms with Crippen LogP contribution < -0.4 is 10.6 Å². The molecule has 1 aromatic heterocycles. The lowest BCUT2D eigenvalue weighted by atomic mass is 9.95. The number of hydrogen-bond acceptors (Lipinski definition) is 7. The van der Waals surface area contributed by atoms with Crippen molar-refractivity contribution in [2.24, 2.45) is 0 Å². The molecule has 3 amide bonds. The fraction of sp³-hybridized carbons (Fsp3) is 0.325. The van der Waals surface area contributed by atoms with Gasteiger partial charge in [-0.1, -0.05) is 36.4 Å². The number of hydrogen-bond donors (Lipinski definition) is 4. The van der Waals surface area contributed by atoms with Gasteiger partial charge in [0.2, 0.25) is 0 Å². The molecule has 1 heterocycles. The number of likely N-dealkylation sites (N-methyl/N-ethyl adjacent to an activating group) is 1. The Hall–Kier alpha value is -5.33. The van der Waals surface area contributed by atoms with E-state index in [1.165, 1.54) is 23.3 Å². The molecule has 4 N–H and O–H groups in total. The molecule has 3 aromatic carbocycles. The molecule has 11 nitrogen and oxygen atoms in total. The Morgan fingerprint density at radius 1 is 0.769 bits per heavy atom. The summed E-state index contributed by atoms with van der Waals surface area (Å²) < 4.78 is 0. The second kappa shape index (κ2) is 16.3. The van der Waals surface area contributed by atoms with Crippen LogP contribution in [0.25, 0.3) is 0 Å². The second-order valence-corrected chi connectivity index (χ2v) is 14.6. The third-order valence-corrected chi connectivity index (χ3v) is 10.8. The number of carboxylic acids is 2. The summed E-state index contributed by atoms with van der Waals surface area (Å²) in [6.45, 7) is 1.36. The summed E-state index contributed by atoms with van der Waals surface area (Å²) in [7, 11) is 1.48. The van der Waals surface area contributed by atoms with Gasteiger partial charge in [-0.2, -0.15) is 0 Å². The van der Waals surface area contributed by atoms with E-state index in [1.54, 1.807) is 18.2 Å². The topological polar surface area (TPSA) is 156 Å². The Morgan fingerprint density at radius 2 is 1.44 bits per heavy atom. The van der Waals surface area contributed by atoms with Crippen molar-refractivity contribution in [2.45, 2.75) is 64.0 Å². The summed E-state index contributed by atoms with van der Waals surface area (Å²) in [5, 5.41) is 24.8. The highest BCUT2D eigenvalue weighted by Crippen LogP contribution is 2.39. The van der Waals surface area contributed by atoms with Crippen molar-refractivity contribution in [2.75, 3.05) is 30.8 Å². The lowest BCUT2D eigenvalue weighted by Gasteiger charge is -2.25. The molecule has 0 aliphatic heterocycles. The number of anilines is 2. The first-order chi connectivity index (χ1) is 25.0. The molecular formula is C40H42N4O7S. The zero-order valence-electron chi connectivity index (χ0n) is 29.0. The first-order valence-electron chi connectivity index (χ1n) is 17.6. The van der Waals surface area contributed by atoms with Gasteiger partial charge in [0.25, 0.3) is 11.8 Å². The number of aromatic carboxylic acids is 1. The molecule has 4 aromatic rings. The summed E-state index contributed by atoms with van der Waals surface area (Å²) in [5.74, 6) is -3.93. The molecule has 0 atom stereocenters. The standard InChI is InChI=1S/C40H42N4O7S/c1-43(38(47)40(50)51)21-22-44(31-19-20-31)24-27-5-4-6-29(23-27)35(45)42-37-34(32-7-2-3-8-33(32)52-37)36(46)41-30-17-13-26(14-18-30)10-9-25-11-15-28(16-12-25)39(48)49/h4-6,11-18,23,31H,2-3,7-10,19-22,24H2,1H3,(H,41,46)(H,42,45)(H,48,49)(H,50,51). The normalized spacial score (nSPS) is 13.7. The van der Waals surface area contributed by atoms with E-state index in [-0.39, 0.29) is 23.9 Å². The zero-order valence-corrected chi connectivity index (χ0v) is 29.8. The minimum atomic E-state index is -1.47. The summed E-state index contributed by atoms with van der Waals surface area (Å²) in [4.78, 5) is 66.0. The van der Waals surface area contributed by atoms with Crippen molar-refractivity contribution in [3.63, 3.8) is 0 Å². The second-order valence-electron chi connectivity index (χ2n) is 13.5. The molecule has 0 spiro atoms. The molecule has 2 aliphatic carbocycles. The van der Waals surface area contributed by atoms with E-state index in [0.717, 1.165) is 78.5 Å². The van der Waals surface area contributed by atoms with Gasteiger partial charge in [-0.3, -0.25) is 19.3 Å². The van der Waals surface area contributed by atoms with Crippen molar-refractivity contribution >= 4 is 51.7 Å². The average molecular weight is 723 g/mol. The summed E-state index contributed by atoms with van der Waals surface area (Å²) in [6, 6.07) is 22.3. The number of benzene rings is 3. The highest BCUT2D eigenvalue weighted by Gasteiger charge is 2.30. The van der Waals surface area contributed by atoms with E-state index in [4.69, 9.17) is 10.2 Å². The minimum Gasteiger partial charge on any atom is -0.478 e. The summed E-state index contributed by atoms with van der Waals surface area (Å²) >= 11 is 1.47. The molecule has 6 rings (SSSR count). The van der Waals surface area contributed by atoms with Gasteiger partial charge in [-0.05, 0) is 110 Å². The molecular weight excluding hydrogens is 681 g/mol. The Bertz CT molecular complexity index is 1970. The molecule has 0 bridgehead atoms. The number of nitrogens with zero attached hydrogens (tertiary/aromatic N) is 2. The van der Waals surface area contributed by atoms with Gasteiger partial charge in [0.15, 0.2) is 0 Å². The number of thiophene rings is 1. The van der Waals surface area contributed by atoms with E-state index in [1.807, 2.05) is 54.6 Å². The van der Waals surface area contributed by atoms with Gasteiger partial charge in [-0.15, -0.1) is 11.3 Å². The predicted octanol–water partition coefficient (Wildman–Crippen LogP) is 6.12. The molecule has 0 saturated heterocycles. The van der Waals surface area contributed by atoms with E-state index in [0.29, 0.717) is 40.9 Å². The molecule has 12 heteroatoms. The number of nitrogens with one attached hydrogen (secondary N) is 2. The van der Waals surface area contributed by atoms with Crippen LogP contribution in [0.15, 0.2) is 72.8 Å².